The number of halogens is 3. The van der Waals surface area contributed by atoms with Crippen molar-refractivity contribution < 1.29 is 13.2 Å². The smallest absolute Gasteiger partial charge is 0.335 e. The van der Waals surface area contributed by atoms with Crippen molar-refractivity contribution in [2.45, 2.75) is 69.8 Å². The van der Waals surface area contributed by atoms with E-state index in [0.29, 0.717) is 22.9 Å². The summed E-state index contributed by atoms with van der Waals surface area (Å²) in [6.45, 7) is 2.16. The summed E-state index contributed by atoms with van der Waals surface area (Å²) in [4.78, 5) is 4.60. The maximum atomic E-state index is 13.2. The number of aryl methyl sites for hydroxylation is 1. The van der Waals surface area contributed by atoms with Crippen LogP contribution >= 0.6 is 0 Å². The highest BCUT2D eigenvalue weighted by molar-refractivity contribution is 5.94. The molecular weight excluding hydrogens is 413 g/mol. The van der Waals surface area contributed by atoms with Crippen molar-refractivity contribution in [3.63, 3.8) is 0 Å². The van der Waals surface area contributed by atoms with E-state index in [-0.39, 0.29) is 19.4 Å². The minimum Gasteiger partial charge on any atom is -0.335 e. The molecule has 166 valence electrons. The van der Waals surface area contributed by atoms with Crippen molar-refractivity contribution in [1.29, 1.82) is 5.26 Å². The monoisotopic (exact) mass is 438 g/mol. The lowest BCUT2D eigenvalue weighted by molar-refractivity contribution is -0.166. The van der Waals surface area contributed by atoms with Gasteiger partial charge in [-0.05, 0) is 55.9 Å². The molecule has 0 atom stereocenters. The molecule has 1 N–H and O–H groups in total. The van der Waals surface area contributed by atoms with Crippen LogP contribution in [0.5, 0.6) is 0 Å². The lowest BCUT2D eigenvalue weighted by atomic mass is 10.1. The predicted molar refractivity (Wildman–Crippen MR) is 117 cm³/mol. The zero-order valence-corrected chi connectivity index (χ0v) is 18.0. The normalized spacial score (nSPS) is 18.2. The Bertz CT molecular complexity index is 1190. The molecule has 0 spiro atoms. The first-order valence-electron chi connectivity index (χ1n) is 11.1. The van der Waals surface area contributed by atoms with E-state index in [4.69, 9.17) is 0 Å². The minimum absolute atomic E-state index is 0.114. The highest BCUT2D eigenvalue weighted by Crippen LogP contribution is 2.49. The van der Waals surface area contributed by atoms with Gasteiger partial charge in [-0.25, -0.2) is 0 Å². The highest BCUT2D eigenvalue weighted by Gasteiger charge is 2.62. The van der Waals surface area contributed by atoms with Gasteiger partial charge in [-0.2, -0.15) is 18.4 Å². The van der Waals surface area contributed by atoms with Gasteiger partial charge in [-0.3, -0.25) is 10.3 Å². The van der Waals surface area contributed by atoms with Gasteiger partial charge in [0.2, 0.25) is 0 Å². The van der Waals surface area contributed by atoms with E-state index in [1.165, 1.54) is 0 Å². The fourth-order valence-corrected chi connectivity index (χ4v) is 4.95. The van der Waals surface area contributed by atoms with Crippen molar-refractivity contribution >= 4 is 10.9 Å². The molecule has 2 heterocycles. The molecule has 7 heteroatoms. The molecule has 2 fully saturated rings. The maximum absolute atomic E-state index is 13.2. The van der Waals surface area contributed by atoms with Crippen LogP contribution in [-0.4, -0.2) is 21.3 Å². The molecule has 1 aromatic carbocycles. The Morgan fingerprint density at radius 2 is 1.94 bits per heavy atom. The van der Waals surface area contributed by atoms with Crippen LogP contribution < -0.4 is 5.32 Å². The van der Waals surface area contributed by atoms with Gasteiger partial charge in [-0.1, -0.05) is 31.0 Å². The Kier molecular flexibility index (Phi) is 5.01. The lowest BCUT2D eigenvalue weighted by Crippen LogP contribution is -2.44. The summed E-state index contributed by atoms with van der Waals surface area (Å²) in [5.41, 5.74) is 3.25. The van der Waals surface area contributed by atoms with E-state index in [1.54, 1.807) is 6.20 Å². The van der Waals surface area contributed by atoms with E-state index in [1.807, 2.05) is 31.2 Å². The van der Waals surface area contributed by atoms with E-state index in [2.05, 4.69) is 27.0 Å². The van der Waals surface area contributed by atoms with Crippen molar-refractivity contribution in [1.82, 2.24) is 14.9 Å². The molecule has 32 heavy (non-hydrogen) atoms. The van der Waals surface area contributed by atoms with E-state index in [9.17, 15) is 18.4 Å². The summed E-state index contributed by atoms with van der Waals surface area (Å²) in [5.74, 6) is 0. The topological polar surface area (TPSA) is 53.6 Å². The number of aromatic nitrogens is 2. The van der Waals surface area contributed by atoms with Crippen molar-refractivity contribution in [3.8, 4) is 17.5 Å². The average molecular weight is 438 g/mol. The molecule has 0 radical (unpaired) electrons. The van der Waals surface area contributed by atoms with Gasteiger partial charge >= 0.3 is 6.18 Å². The summed E-state index contributed by atoms with van der Waals surface area (Å²) >= 11 is 0. The number of nitrogens with zero attached hydrogens (tertiary/aromatic N) is 3. The molecular formula is C25H25F3N4. The van der Waals surface area contributed by atoms with E-state index in [0.717, 1.165) is 47.8 Å². The Balaban J connectivity index is 1.52. The number of fused-ring (bicyclic) bond motifs is 1. The predicted octanol–water partition coefficient (Wildman–Crippen LogP) is 6.18. The van der Waals surface area contributed by atoms with Crippen LogP contribution in [0.1, 0.15) is 61.3 Å². The minimum atomic E-state index is -4.23. The second-order valence-electron chi connectivity index (χ2n) is 9.15. The third-order valence-electron chi connectivity index (χ3n) is 6.95. The third kappa shape index (κ3) is 3.47. The molecule has 3 aromatic rings. The molecule has 2 aliphatic carbocycles. The highest BCUT2D eigenvalue weighted by atomic mass is 19.4. The number of rotatable bonds is 5. The van der Waals surface area contributed by atoms with E-state index >= 15 is 0 Å². The summed E-state index contributed by atoms with van der Waals surface area (Å²) in [7, 11) is 0. The fourth-order valence-electron chi connectivity index (χ4n) is 4.95. The molecule has 2 saturated carbocycles. The quantitative estimate of drug-likeness (QED) is 0.517. The largest absolute Gasteiger partial charge is 0.406 e. The van der Waals surface area contributed by atoms with Crippen molar-refractivity contribution in [2.75, 3.05) is 0 Å². The summed E-state index contributed by atoms with van der Waals surface area (Å²) in [5, 5.41) is 13.6. The van der Waals surface area contributed by atoms with Gasteiger partial charge in [0.1, 0.15) is 11.6 Å². The molecule has 0 amide bonds. The molecule has 2 aliphatic rings. The van der Waals surface area contributed by atoms with Gasteiger partial charge in [0.15, 0.2) is 0 Å². The van der Waals surface area contributed by atoms with Crippen LogP contribution in [0.4, 0.5) is 13.2 Å². The molecule has 2 aromatic heterocycles. The van der Waals surface area contributed by atoms with Crippen LogP contribution in [0.25, 0.3) is 22.3 Å². The third-order valence-corrected chi connectivity index (χ3v) is 6.95. The molecule has 5 rings (SSSR count). The molecule has 0 bridgehead atoms. The zero-order chi connectivity index (χ0) is 22.5. The number of hydrogen-bond donors (Lipinski definition) is 1. The standard InChI is InChI=1S/C25H25F3N4/c1-16-6-8-19-20(13-29)23(32(22(19)12-16)18-4-2-3-5-18)21-9-7-17(14-30-21)15-31-24(10-11-24)25(26,27)28/h6-9,12,14,18,31H,2-5,10-11,15H2,1H3. The fraction of sp³-hybridized carbons (Fsp3) is 0.440. The number of alkyl halides is 3. The van der Waals surface area contributed by atoms with Gasteiger partial charge in [0, 0.05) is 24.2 Å². The first-order valence-corrected chi connectivity index (χ1v) is 11.1. The first kappa shape index (κ1) is 21.0. The van der Waals surface area contributed by atoms with Gasteiger partial charge in [0.05, 0.1) is 22.5 Å². The average Bonchev–Trinajstić information content (AvgIpc) is 3.26. The van der Waals surface area contributed by atoms with Gasteiger partial charge in [-0.15, -0.1) is 0 Å². The SMILES string of the molecule is Cc1ccc2c(C#N)c(-c3ccc(CNC4(C(F)(F)F)CC4)cn3)n(C3CCCC3)c2c1. The Labute approximate surface area is 185 Å². The Morgan fingerprint density at radius 1 is 1.19 bits per heavy atom. The van der Waals surface area contributed by atoms with Crippen molar-refractivity contribution in [2.24, 2.45) is 0 Å². The summed E-state index contributed by atoms with van der Waals surface area (Å²) in [6, 6.07) is 12.5. The van der Waals surface area contributed by atoms with Crippen LogP contribution in [0, 0.1) is 18.3 Å². The maximum Gasteiger partial charge on any atom is 0.406 e. The van der Waals surface area contributed by atoms with Crippen LogP contribution in [0.2, 0.25) is 0 Å². The van der Waals surface area contributed by atoms with Crippen molar-refractivity contribution in [3.05, 3.63) is 53.2 Å². The first-order chi connectivity index (χ1) is 15.3. The zero-order valence-electron chi connectivity index (χ0n) is 18.0. The van der Waals surface area contributed by atoms with Gasteiger partial charge < -0.3 is 4.57 Å². The number of benzene rings is 1. The van der Waals surface area contributed by atoms with Crippen LogP contribution in [0.15, 0.2) is 36.5 Å². The number of pyridine rings is 1. The van der Waals surface area contributed by atoms with Crippen LogP contribution in [-0.2, 0) is 6.54 Å². The number of nitrogens with one attached hydrogen (secondary N) is 1. The van der Waals surface area contributed by atoms with Crippen LogP contribution in [0.3, 0.4) is 0 Å². The molecule has 0 unspecified atom stereocenters. The summed E-state index contributed by atoms with van der Waals surface area (Å²) in [6.07, 6.45) is 2.09. The Hall–Kier alpha value is -2.85. The van der Waals surface area contributed by atoms with Gasteiger partial charge in [0.25, 0.3) is 0 Å². The number of hydrogen-bond acceptors (Lipinski definition) is 3. The Morgan fingerprint density at radius 3 is 2.53 bits per heavy atom. The molecule has 0 saturated heterocycles. The second kappa shape index (κ2) is 7.63. The second-order valence-corrected chi connectivity index (χ2v) is 9.15. The number of nitriles is 1. The summed E-state index contributed by atoms with van der Waals surface area (Å²) < 4.78 is 41.8. The van der Waals surface area contributed by atoms with E-state index < -0.39 is 11.7 Å². The molecule has 4 nitrogen and oxygen atoms in total. The molecule has 0 aliphatic heterocycles. The lowest BCUT2D eigenvalue weighted by Gasteiger charge is -2.21.